The summed E-state index contributed by atoms with van der Waals surface area (Å²) in [5, 5.41) is 13.3. The number of anilines is 1. The Balaban J connectivity index is 1.32. The Morgan fingerprint density at radius 1 is 1.13 bits per heavy atom. The molecule has 4 aromatic rings. The van der Waals surface area contributed by atoms with Gasteiger partial charge in [-0.15, -0.1) is 5.10 Å². The van der Waals surface area contributed by atoms with Gasteiger partial charge in [-0.25, -0.2) is 4.79 Å². The minimum Gasteiger partial charge on any atom is -0.388 e. The lowest BCUT2D eigenvalue weighted by Gasteiger charge is -2.06. The molecule has 0 atom stereocenters. The second-order valence-electron chi connectivity index (χ2n) is 6.58. The van der Waals surface area contributed by atoms with Crippen LogP contribution in [0.2, 0.25) is 5.02 Å². The molecule has 2 heterocycles. The number of hydrogen-bond donors (Lipinski definition) is 4. The average molecular weight is 503 g/mol. The van der Waals surface area contributed by atoms with Gasteiger partial charge in [-0.3, -0.25) is 9.89 Å². The molecule has 2 aromatic carbocycles. The van der Waals surface area contributed by atoms with Gasteiger partial charge in [-0.1, -0.05) is 41.9 Å². The Bertz CT molecular complexity index is 1250. The van der Waals surface area contributed by atoms with Crippen LogP contribution >= 0.6 is 27.5 Å². The van der Waals surface area contributed by atoms with E-state index < -0.39 is 12.0 Å². The van der Waals surface area contributed by atoms with Crippen LogP contribution in [0.1, 0.15) is 15.9 Å². The lowest BCUT2D eigenvalue weighted by atomic mass is 10.1. The summed E-state index contributed by atoms with van der Waals surface area (Å²) in [7, 11) is 0. The van der Waals surface area contributed by atoms with Gasteiger partial charge >= 0.3 is 6.09 Å². The largest absolute Gasteiger partial charge is 0.414 e. The molecular weight excluding hydrogens is 486 g/mol. The summed E-state index contributed by atoms with van der Waals surface area (Å²) in [4.78, 5) is 27.7. The minimum atomic E-state index is -0.656. The third-order valence-corrected chi connectivity index (χ3v) is 5.63. The van der Waals surface area contributed by atoms with Crippen molar-refractivity contribution in [3.8, 4) is 5.88 Å². The van der Waals surface area contributed by atoms with Gasteiger partial charge in [0.05, 0.1) is 10.6 Å². The van der Waals surface area contributed by atoms with Crippen LogP contribution in [-0.2, 0) is 6.42 Å². The molecule has 4 rings (SSSR count). The van der Waals surface area contributed by atoms with E-state index in [-0.39, 0.29) is 11.7 Å². The highest BCUT2D eigenvalue weighted by atomic mass is 79.9. The monoisotopic (exact) mass is 501 g/mol. The van der Waals surface area contributed by atoms with Crippen molar-refractivity contribution in [1.29, 1.82) is 0 Å². The van der Waals surface area contributed by atoms with Crippen molar-refractivity contribution >= 4 is 56.3 Å². The lowest BCUT2D eigenvalue weighted by molar-refractivity contribution is 0.102. The molecule has 0 radical (unpaired) electrons. The van der Waals surface area contributed by atoms with E-state index in [1.807, 2.05) is 30.5 Å². The van der Waals surface area contributed by atoms with Gasteiger partial charge in [-0.2, -0.15) is 0 Å². The zero-order valence-electron chi connectivity index (χ0n) is 16.0. The number of halogens is 2. The number of nitrogens with one attached hydrogen (secondary N) is 4. The normalized spacial score (nSPS) is 10.8. The number of benzene rings is 2. The number of fused-ring (bicyclic) bond motifs is 1. The van der Waals surface area contributed by atoms with Gasteiger partial charge in [-0.05, 0) is 46.1 Å². The van der Waals surface area contributed by atoms with Crippen molar-refractivity contribution < 1.29 is 14.3 Å². The van der Waals surface area contributed by atoms with Crippen molar-refractivity contribution in [1.82, 2.24) is 20.5 Å². The first kappa shape index (κ1) is 21.0. The molecule has 158 valence electrons. The molecule has 0 saturated heterocycles. The van der Waals surface area contributed by atoms with Gasteiger partial charge < -0.3 is 20.4 Å². The Labute approximate surface area is 190 Å². The van der Waals surface area contributed by atoms with Crippen LogP contribution in [0.3, 0.4) is 0 Å². The number of carbonyl (C=O) groups excluding carboxylic acids is 2. The van der Waals surface area contributed by atoms with E-state index in [4.69, 9.17) is 16.3 Å². The zero-order chi connectivity index (χ0) is 21.8. The first-order valence-electron chi connectivity index (χ1n) is 9.33. The van der Waals surface area contributed by atoms with Gasteiger partial charge in [0, 0.05) is 23.6 Å². The summed E-state index contributed by atoms with van der Waals surface area (Å²) < 4.78 is 5.52. The Morgan fingerprint density at radius 3 is 2.74 bits per heavy atom. The van der Waals surface area contributed by atoms with E-state index in [0.29, 0.717) is 28.0 Å². The molecule has 0 fully saturated rings. The SMILES string of the molecule is O=C(NCCc1c[nH]c2ccccc12)Oc1n[nH]c(NC(=O)c2ccccc2Cl)c1Br. The molecule has 0 spiro atoms. The fourth-order valence-electron chi connectivity index (χ4n) is 3.05. The zero-order valence-corrected chi connectivity index (χ0v) is 18.4. The van der Waals surface area contributed by atoms with Crippen LogP contribution in [0.4, 0.5) is 10.6 Å². The predicted octanol–water partition coefficient (Wildman–Crippen LogP) is 4.89. The van der Waals surface area contributed by atoms with E-state index in [0.717, 1.165) is 16.5 Å². The van der Waals surface area contributed by atoms with Crippen LogP contribution in [0.5, 0.6) is 5.88 Å². The summed E-state index contributed by atoms with van der Waals surface area (Å²) in [6, 6.07) is 14.6. The number of carbonyl (C=O) groups is 2. The molecule has 10 heteroatoms. The predicted molar refractivity (Wildman–Crippen MR) is 122 cm³/mol. The van der Waals surface area contributed by atoms with E-state index in [9.17, 15) is 9.59 Å². The number of para-hydroxylation sites is 1. The topological polar surface area (TPSA) is 112 Å². The van der Waals surface area contributed by atoms with Gasteiger partial charge in [0.15, 0.2) is 0 Å². The number of rotatable bonds is 6. The number of H-pyrrole nitrogens is 2. The molecule has 0 bridgehead atoms. The highest BCUT2D eigenvalue weighted by Crippen LogP contribution is 2.30. The van der Waals surface area contributed by atoms with Crippen LogP contribution in [-0.4, -0.2) is 33.7 Å². The molecule has 2 amide bonds. The number of aromatic amines is 2. The first-order chi connectivity index (χ1) is 15.0. The maximum Gasteiger partial charge on any atom is 0.414 e. The number of amides is 2. The van der Waals surface area contributed by atoms with Gasteiger partial charge in [0.1, 0.15) is 10.3 Å². The summed E-state index contributed by atoms with van der Waals surface area (Å²) in [5.74, 6) is -0.185. The third-order valence-electron chi connectivity index (χ3n) is 4.56. The van der Waals surface area contributed by atoms with Crippen molar-refractivity contribution in [2.45, 2.75) is 6.42 Å². The number of hydrogen-bond acceptors (Lipinski definition) is 4. The maximum atomic E-state index is 12.4. The highest BCUT2D eigenvalue weighted by molar-refractivity contribution is 9.10. The Hall–Kier alpha value is -3.30. The standard InChI is InChI=1S/C21H17BrClN5O3/c22-17-18(26-19(29)14-6-1-3-7-15(14)23)27-28-20(17)31-21(30)24-10-9-12-11-25-16-8-4-2-5-13(12)16/h1-8,11,25H,9-10H2,(H,24,30)(H2,26,27,28,29). The van der Waals surface area contributed by atoms with Crippen molar-refractivity contribution in [2.24, 2.45) is 0 Å². The maximum absolute atomic E-state index is 12.4. The van der Waals surface area contributed by atoms with E-state index in [1.54, 1.807) is 24.3 Å². The smallest absolute Gasteiger partial charge is 0.388 e. The van der Waals surface area contributed by atoms with E-state index in [1.165, 1.54) is 0 Å². The summed E-state index contributed by atoms with van der Waals surface area (Å²) in [6.45, 7) is 0.388. The van der Waals surface area contributed by atoms with Gasteiger partial charge in [0.2, 0.25) is 0 Å². The second kappa shape index (κ2) is 9.23. The van der Waals surface area contributed by atoms with Crippen molar-refractivity contribution in [2.75, 3.05) is 11.9 Å². The van der Waals surface area contributed by atoms with E-state index in [2.05, 4.69) is 41.7 Å². The molecule has 4 N–H and O–H groups in total. The molecule has 8 nitrogen and oxygen atoms in total. The molecule has 0 aliphatic rings. The average Bonchev–Trinajstić information content (AvgIpc) is 3.33. The van der Waals surface area contributed by atoms with Crippen molar-refractivity contribution in [3.05, 3.63) is 75.4 Å². The molecule has 0 unspecified atom stereocenters. The fourth-order valence-corrected chi connectivity index (χ4v) is 3.63. The molecular formula is C21H17BrClN5O3. The quantitative estimate of drug-likeness (QED) is 0.301. The summed E-state index contributed by atoms with van der Waals surface area (Å²) in [5.41, 5.74) is 2.46. The molecule has 2 aromatic heterocycles. The minimum absolute atomic E-state index is 0.000877. The molecule has 0 saturated carbocycles. The number of aromatic nitrogens is 3. The molecule has 0 aliphatic heterocycles. The Morgan fingerprint density at radius 2 is 1.90 bits per heavy atom. The number of ether oxygens (including phenoxy) is 1. The second-order valence-corrected chi connectivity index (χ2v) is 7.78. The van der Waals surface area contributed by atoms with Crippen molar-refractivity contribution in [3.63, 3.8) is 0 Å². The van der Waals surface area contributed by atoms with Gasteiger partial charge in [0.25, 0.3) is 11.8 Å². The van der Waals surface area contributed by atoms with Crippen LogP contribution in [0.25, 0.3) is 10.9 Å². The van der Waals surface area contributed by atoms with Crippen LogP contribution < -0.4 is 15.4 Å². The fraction of sp³-hybridized carbons (Fsp3) is 0.0952. The summed E-state index contributed by atoms with van der Waals surface area (Å²) >= 11 is 9.31. The molecule has 31 heavy (non-hydrogen) atoms. The van der Waals surface area contributed by atoms with Crippen LogP contribution in [0, 0.1) is 0 Å². The first-order valence-corrected chi connectivity index (χ1v) is 10.5. The lowest BCUT2D eigenvalue weighted by Crippen LogP contribution is -2.28. The summed E-state index contributed by atoms with van der Waals surface area (Å²) in [6.07, 6.45) is 1.91. The third kappa shape index (κ3) is 4.73. The molecule has 0 aliphatic carbocycles. The number of nitrogens with zero attached hydrogens (tertiary/aromatic N) is 1. The Kier molecular flexibility index (Phi) is 6.24. The highest BCUT2D eigenvalue weighted by Gasteiger charge is 2.18. The van der Waals surface area contributed by atoms with E-state index >= 15 is 0 Å². The van der Waals surface area contributed by atoms with Crippen LogP contribution in [0.15, 0.2) is 59.2 Å².